The van der Waals surface area contributed by atoms with Gasteiger partial charge in [-0.15, -0.1) is 0 Å². The van der Waals surface area contributed by atoms with Gasteiger partial charge in [-0.1, -0.05) is 24.3 Å². The zero-order valence-electron chi connectivity index (χ0n) is 12.3. The first-order valence-corrected chi connectivity index (χ1v) is 7.56. The summed E-state index contributed by atoms with van der Waals surface area (Å²) in [5.41, 5.74) is 1.60. The Kier molecular flexibility index (Phi) is 4.37. The predicted molar refractivity (Wildman–Crippen MR) is 85.5 cm³/mol. The molecule has 2 aromatic rings. The van der Waals surface area contributed by atoms with Crippen LogP contribution in [0.25, 0.3) is 0 Å². The number of amides is 1. The zero-order valence-corrected chi connectivity index (χ0v) is 12.3. The van der Waals surface area contributed by atoms with Crippen LogP contribution in [0, 0.1) is 11.7 Å². The second-order valence-corrected chi connectivity index (χ2v) is 5.66. The molecule has 1 N–H and O–H groups in total. The summed E-state index contributed by atoms with van der Waals surface area (Å²) < 4.78 is 13.1. The van der Waals surface area contributed by atoms with E-state index in [0.29, 0.717) is 18.0 Å². The van der Waals surface area contributed by atoms with Crippen molar-refractivity contribution in [3.05, 3.63) is 66.0 Å². The molecule has 1 aliphatic heterocycles. The Morgan fingerprint density at radius 2 is 2.00 bits per heavy atom. The van der Waals surface area contributed by atoms with Crippen LogP contribution in [0.5, 0.6) is 0 Å². The van der Waals surface area contributed by atoms with Crippen LogP contribution in [-0.4, -0.2) is 25.5 Å². The molecule has 0 spiro atoms. The molecule has 0 aromatic heterocycles. The smallest absolute Gasteiger partial charge is 0.251 e. The van der Waals surface area contributed by atoms with E-state index in [2.05, 4.69) is 22.3 Å². The van der Waals surface area contributed by atoms with Crippen LogP contribution in [0.1, 0.15) is 16.8 Å². The third-order valence-electron chi connectivity index (χ3n) is 4.05. The first kappa shape index (κ1) is 14.6. The molecule has 0 aliphatic carbocycles. The maximum atomic E-state index is 13.1. The number of anilines is 1. The van der Waals surface area contributed by atoms with Gasteiger partial charge >= 0.3 is 0 Å². The van der Waals surface area contributed by atoms with Gasteiger partial charge in [-0.2, -0.15) is 0 Å². The van der Waals surface area contributed by atoms with Gasteiger partial charge in [-0.25, -0.2) is 4.39 Å². The first-order valence-electron chi connectivity index (χ1n) is 7.56. The summed E-state index contributed by atoms with van der Waals surface area (Å²) in [5, 5.41) is 2.91. The third-order valence-corrected chi connectivity index (χ3v) is 4.05. The lowest BCUT2D eigenvalue weighted by Crippen LogP contribution is -2.31. The topological polar surface area (TPSA) is 32.3 Å². The summed E-state index contributed by atoms with van der Waals surface area (Å²) in [6, 6.07) is 16.1. The monoisotopic (exact) mass is 298 g/mol. The predicted octanol–water partition coefficient (Wildman–Crippen LogP) is 3.08. The Balaban J connectivity index is 1.52. The number of nitrogens with one attached hydrogen (secondary N) is 1. The van der Waals surface area contributed by atoms with E-state index in [1.165, 1.54) is 17.8 Å². The van der Waals surface area contributed by atoms with Gasteiger partial charge in [0, 0.05) is 30.9 Å². The highest BCUT2D eigenvalue weighted by atomic mass is 19.1. The van der Waals surface area contributed by atoms with Crippen LogP contribution in [0.3, 0.4) is 0 Å². The van der Waals surface area contributed by atoms with Crippen molar-refractivity contribution in [2.24, 2.45) is 5.92 Å². The molecule has 4 heteroatoms. The molecular formula is C18H19FN2O. The van der Waals surface area contributed by atoms with E-state index in [4.69, 9.17) is 0 Å². The number of carbonyl (C=O) groups excluding carboxylic acids is 1. The molecule has 1 fully saturated rings. The van der Waals surface area contributed by atoms with Crippen LogP contribution in [0.15, 0.2) is 54.6 Å². The number of hydrogen-bond donors (Lipinski definition) is 1. The molecule has 22 heavy (non-hydrogen) atoms. The van der Waals surface area contributed by atoms with E-state index in [0.717, 1.165) is 19.5 Å². The van der Waals surface area contributed by atoms with E-state index < -0.39 is 0 Å². The molecule has 1 aliphatic rings. The van der Waals surface area contributed by atoms with E-state index in [-0.39, 0.29) is 11.7 Å². The maximum absolute atomic E-state index is 13.1. The lowest BCUT2D eigenvalue weighted by atomic mass is 10.1. The van der Waals surface area contributed by atoms with Gasteiger partial charge in [0.05, 0.1) is 0 Å². The molecule has 2 aromatic carbocycles. The van der Waals surface area contributed by atoms with Crippen molar-refractivity contribution in [1.29, 1.82) is 0 Å². The van der Waals surface area contributed by atoms with Crippen molar-refractivity contribution in [3.63, 3.8) is 0 Å². The van der Waals surface area contributed by atoms with Crippen molar-refractivity contribution in [1.82, 2.24) is 5.32 Å². The zero-order chi connectivity index (χ0) is 15.4. The van der Waals surface area contributed by atoms with Gasteiger partial charge in [0.15, 0.2) is 0 Å². The molecule has 0 radical (unpaired) electrons. The molecule has 3 nitrogen and oxygen atoms in total. The second-order valence-electron chi connectivity index (χ2n) is 5.66. The molecule has 3 rings (SSSR count). The largest absolute Gasteiger partial charge is 0.371 e. The summed E-state index contributed by atoms with van der Waals surface area (Å²) in [7, 11) is 0. The molecule has 0 saturated carbocycles. The molecule has 1 saturated heterocycles. The summed E-state index contributed by atoms with van der Waals surface area (Å²) in [6.07, 6.45) is 1.05. The minimum atomic E-state index is -0.385. The Morgan fingerprint density at radius 1 is 1.18 bits per heavy atom. The quantitative estimate of drug-likeness (QED) is 0.941. The van der Waals surface area contributed by atoms with E-state index in [1.807, 2.05) is 18.2 Å². The Labute approximate surface area is 129 Å². The normalized spacial score (nSPS) is 17.5. The van der Waals surface area contributed by atoms with Crippen LogP contribution in [0.2, 0.25) is 0 Å². The van der Waals surface area contributed by atoms with Crippen molar-refractivity contribution in [3.8, 4) is 0 Å². The molecule has 114 valence electrons. The van der Waals surface area contributed by atoms with Crippen molar-refractivity contribution in [2.45, 2.75) is 6.42 Å². The SMILES string of the molecule is O=C(NC[C@@H]1CCN(c2ccccc2)C1)c1cccc(F)c1. The standard InChI is InChI=1S/C18H19FN2O/c19-16-6-4-5-15(11-16)18(22)20-12-14-9-10-21(13-14)17-7-2-1-3-8-17/h1-8,11,14H,9-10,12-13H2,(H,20,22)/t14-/m0/s1. The average molecular weight is 298 g/mol. The first-order chi connectivity index (χ1) is 10.7. The minimum absolute atomic E-state index is 0.210. The number of nitrogens with zero attached hydrogens (tertiary/aromatic N) is 1. The Hall–Kier alpha value is -2.36. The maximum Gasteiger partial charge on any atom is 0.251 e. The summed E-state index contributed by atoms with van der Waals surface area (Å²) >= 11 is 0. The fourth-order valence-electron chi connectivity index (χ4n) is 2.84. The summed E-state index contributed by atoms with van der Waals surface area (Å²) in [6.45, 7) is 2.57. The van der Waals surface area contributed by atoms with Gasteiger partial charge < -0.3 is 10.2 Å². The third kappa shape index (κ3) is 3.45. The van der Waals surface area contributed by atoms with Crippen molar-refractivity contribution >= 4 is 11.6 Å². The highest BCUT2D eigenvalue weighted by molar-refractivity contribution is 5.94. The van der Waals surface area contributed by atoms with Gasteiger partial charge in [-0.3, -0.25) is 4.79 Å². The van der Waals surface area contributed by atoms with E-state index in [9.17, 15) is 9.18 Å². The van der Waals surface area contributed by atoms with Crippen LogP contribution in [0.4, 0.5) is 10.1 Å². The molecule has 0 bridgehead atoms. The van der Waals surface area contributed by atoms with E-state index in [1.54, 1.807) is 12.1 Å². The Bertz CT molecular complexity index is 645. The Morgan fingerprint density at radius 3 is 2.77 bits per heavy atom. The van der Waals surface area contributed by atoms with Gasteiger partial charge in [-0.05, 0) is 42.7 Å². The average Bonchev–Trinajstić information content (AvgIpc) is 3.02. The van der Waals surface area contributed by atoms with Crippen molar-refractivity contribution in [2.75, 3.05) is 24.5 Å². The fraction of sp³-hybridized carbons (Fsp3) is 0.278. The summed E-state index contributed by atoms with van der Waals surface area (Å²) in [5.74, 6) is -0.167. The second kappa shape index (κ2) is 6.60. The lowest BCUT2D eigenvalue weighted by Gasteiger charge is -2.18. The number of carbonyl (C=O) groups is 1. The molecule has 1 amide bonds. The van der Waals surface area contributed by atoms with Crippen LogP contribution >= 0.6 is 0 Å². The molecule has 1 atom stereocenters. The fourth-order valence-corrected chi connectivity index (χ4v) is 2.84. The number of para-hydroxylation sites is 1. The molecule has 0 unspecified atom stereocenters. The van der Waals surface area contributed by atoms with Gasteiger partial charge in [0.2, 0.25) is 0 Å². The number of hydrogen-bond acceptors (Lipinski definition) is 2. The molecular weight excluding hydrogens is 279 g/mol. The minimum Gasteiger partial charge on any atom is -0.371 e. The van der Waals surface area contributed by atoms with Gasteiger partial charge in [0.1, 0.15) is 5.82 Å². The number of benzene rings is 2. The highest BCUT2D eigenvalue weighted by Gasteiger charge is 2.23. The van der Waals surface area contributed by atoms with Gasteiger partial charge in [0.25, 0.3) is 5.91 Å². The lowest BCUT2D eigenvalue weighted by molar-refractivity contribution is 0.0948. The van der Waals surface area contributed by atoms with Crippen molar-refractivity contribution < 1.29 is 9.18 Å². The molecule has 1 heterocycles. The summed E-state index contributed by atoms with van der Waals surface area (Å²) in [4.78, 5) is 14.3. The number of rotatable bonds is 4. The van der Waals surface area contributed by atoms with Crippen LogP contribution in [-0.2, 0) is 0 Å². The highest BCUT2D eigenvalue weighted by Crippen LogP contribution is 2.23. The van der Waals surface area contributed by atoms with E-state index >= 15 is 0 Å². The number of halogens is 1. The van der Waals surface area contributed by atoms with Crippen LogP contribution < -0.4 is 10.2 Å².